The Labute approximate surface area is 245 Å². The van der Waals surface area contributed by atoms with E-state index in [1.165, 1.54) is 0 Å². The number of hydrogen-bond acceptors (Lipinski definition) is 8. The van der Waals surface area contributed by atoms with Gasteiger partial charge in [0.25, 0.3) is 0 Å². The van der Waals surface area contributed by atoms with Gasteiger partial charge in [-0.1, -0.05) is 54.2 Å². The fourth-order valence-electron chi connectivity index (χ4n) is 3.24. The van der Waals surface area contributed by atoms with Crippen molar-refractivity contribution in [3.05, 3.63) is 25.3 Å². The molecule has 40 heavy (non-hydrogen) atoms. The number of carbonyl (C=O) groups is 3. The lowest BCUT2D eigenvalue weighted by Gasteiger charge is -2.41. The first kappa shape index (κ1) is 38.2. The number of ether oxygens (including phenoxy) is 3. The van der Waals surface area contributed by atoms with E-state index in [-0.39, 0.29) is 28.9 Å². The van der Waals surface area contributed by atoms with Gasteiger partial charge in [-0.15, -0.1) is 6.58 Å². The van der Waals surface area contributed by atoms with Crippen molar-refractivity contribution in [2.45, 2.75) is 148 Å². The molecule has 0 saturated carbocycles. The molecule has 0 aromatic rings. The van der Waals surface area contributed by atoms with Crippen LogP contribution in [0.4, 0.5) is 0 Å². The minimum absolute atomic E-state index is 0.00493. The first-order chi connectivity index (χ1) is 18.0. The molecule has 0 saturated heterocycles. The largest absolute Gasteiger partial charge is 0.460 e. The third-order valence-corrected chi connectivity index (χ3v) is 16.9. The molecule has 232 valence electrons. The zero-order valence-electron chi connectivity index (χ0n) is 27.3. The van der Waals surface area contributed by atoms with Crippen molar-refractivity contribution in [3.8, 4) is 0 Å². The maximum Gasteiger partial charge on any atom is 0.330 e. The van der Waals surface area contributed by atoms with E-state index >= 15 is 0 Å². The molecule has 0 rings (SSSR count). The third kappa shape index (κ3) is 12.8. The lowest BCUT2D eigenvalue weighted by atomic mass is 10.1. The Bertz CT molecular complexity index is 870. The van der Waals surface area contributed by atoms with Crippen LogP contribution in [0.15, 0.2) is 25.3 Å². The predicted octanol–water partition coefficient (Wildman–Crippen LogP) is 7.10. The molecule has 8 nitrogen and oxygen atoms in total. The van der Waals surface area contributed by atoms with Crippen LogP contribution in [0.2, 0.25) is 36.3 Å². The lowest BCUT2D eigenvalue weighted by molar-refractivity contribution is -0.158. The highest BCUT2D eigenvalue weighted by atomic mass is 28.4. The summed E-state index contributed by atoms with van der Waals surface area (Å²) in [6, 6.07) is 0. The molecule has 10 heteroatoms. The highest BCUT2D eigenvalue weighted by molar-refractivity contribution is 6.74. The van der Waals surface area contributed by atoms with Crippen molar-refractivity contribution < 1.29 is 37.4 Å². The minimum Gasteiger partial charge on any atom is -0.460 e. The summed E-state index contributed by atoms with van der Waals surface area (Å²) in [7, 11) is -4.36. The normalized spacial score (nSPS) is 16.6. The molecule has 0 aromatic heterocycles. The van der Waals surface area contributed by atoms with Gasteiger partial charge in [0, 0.05) is 12.5 Å². The molecule has 0 aromatic carbocycles. The fraction of sp³-hybridized carbons (Fsp3) is 0.767. The Morgan fingerprint density at radius 3 is 1.68 bits per heavy atom. The van der Waals surface area contributed by atoms with Crippen molar-refractivity contribution in [1.82, 2.24) is 0 Å². The Hall–Kier alpha value is -1.76. The quantitative estimate of drug-likeness (QED) is 0.0608. The van der Waals surface area contributed by atoms with Gasteiger partial charge < -0.3 is 23.1 Å². The first-order valence-electron chi connectivity index (χ1n) is 14.2. The maximum absolute atomic E-state index is 12.9. The molecule has 0 aliphatic heterocycles. The molecule has 0 aliphatic carbocycles. The molecule has 0 heterocycles. The fourth-order valence-corrected chi connectivity index (χ4v) is 5.99. The Morgan fingerprint density at radius 2 is 1.23 bits per heavy atom. The van der Waals surface area contributed by atoms with Crippen LogP contribution in [0, 0.1) is 0 Å². The van der Waals surface area contributed by atoms with Crippen molar-refractivity contribution in [2.75, 3.05) is 0 Å². The van der Waals surface area contributed by atoms with Crippen molar-refractivity contribution >= 4 is 34.5 Å². The van der Waals surface area contributed by atoms with E-state index in [2.05, 4.69) is 80.9 Å². The molecule has 0 bridgehead atoms. The van der Waals surface area contributed by atoms with Crippen LogP contribution in [-0.4, -0.2) is 65.1 Å². The SMILES string of the molecule is C=CC(=O)O[C@H](C)CC(=O)O[C@@H](C)[C@@H](CCC(=O)O[C@@H](C)[C@@H](C=C)O[Si](C)(C)C(C)(C)C)O[Si](C)(C)C(C)(C)C. The molecular weight excluding hydrogens is 544 g/mol. The summed E-state index contributed by atoms with van der Waals surface area (Å²) in [5, 5.41) is -0.0827. The summed E-state index contributed by atoms with van der Waals surface area (Å²) in [5.41, 5.74) is 0. The number of esters is 3. The van der Waals surface area contributed by atoms with E-state index in [0.29, 0.717) is 6.42 Å². The lowest BCUT2D eigenvalue weighted by Crippen LogP contribution is -2.48. The van der Waals surface area contributed by atoms with E-state index in [4.69, 9.17) is 23.1 Å². The average molecular weight is 601 g/mol. The second-order valence-electron chi connectivity index (χ2n) is 13.6. The number of hydrogen-bond donors (Lipinski definition) is 0. The summed E-state index contributed by atoms with van der Waals surface area (Å²) in [5.74, 6) is -1.51. The molecule has 0 N–H and O–H groups in total. The van der Waals surface area contributed by atoms with Crippen LogP contribution in [-0.2, 0) is 37.4 Å². The highest BCUT2D eigenvalue weighted by Gasteiger charge is 2.42. The van der Waals surface area contributed by atoms with Gasteiger partial charge in [0.15, 0.2) is 16.6 Å². The summed E-state index contributed by atoms with van der Waals surface area (Å²) in [6.45, 7) is 33.8. The van der Waals surface area contributed by atoms with Crippen molar-refractivity contribution in [1.29, 1.82) is 0 Å². The summed E-state index contributed by atoms with van der Waals surface area (Å²) in [4.78, 5) is 36.9. The summed E-state index contributed by atoms with van der Waals surface area (Å²) in [6.07, 6.45) is 0.310. The van der Waals surface area contributed by atoms with Crippen LogP contribution in [0.5, 0.6) is 0 Å². The standard InChI is InChI=1S/C30H56O8Si2/c1-16-24(37-39(12,13)29(6,7)8)22(4)35-27(32)19-18-25(38-40(14,15)30(9,10)11)23(5)36-28(33)20-21(3)34-26(31)17-2/h16-17,21-25H,1-2,18-20H2,3-15H3/t21-,22+,23+,24-,25-/m1/s1. The maximum atomic E-state index is 12.9. The van der Waals surface area contributed by atoms with E-state index in [9.17, 15) is 14.4 Å². The number of carbonyl (C=O) groups excluding carboxylic acids is 3. The van der Waals surface area contributed by atoms with Gasteiger partial charge in [0.1, 0.15) is 24.4 Å². The van der Waals surface area contributed by atoms with Gasteiger partial charge >= 0.3 is 17.9 Å². The van der Waals surface area contributed by atoms with Gasteiger partial charge in [-0.25, -0.2) is 4.79 Å². The van der Waals surface area contributed by atoms with Crippen molar-refractivity contribution in [2.24, 2.45) is 0 Å². The van der Waals surface area contributed by atoms with Gasteiger partial charge in [-0.3, -0.25) is 9.59 Å². The van der Waals surface area contributed by atoms with Gasteiger partial charge in [-0.05, 0) is 63.5 Å². The number of rotatable bonds is 16. The van der Waals surface area contributed by atoms with Gasteiger partial charge in [-0.2, -0.15) is 0 Å². The van der Waals surface area contributed by atoms with Crippen LogP contribution in [0.1, 0.15) is 81.6 Å². The summed E-state index contributed by atoms with van der Waals surface area (Å²) < 4.78 is 29.5. The Morgan fingerprint density at radius 1 is 0.750 bits per heavy atom. The second kappa shape index (κ2) is 15.5. The van der Waals surface area contributed by atoms with E-state index in [0.717, 1.165) is 6.08 Å². The molecule has 0 fully saturated rings. The molecular formula is C30H56O8Si2. The predicted molar refractivity (Wildman–Crippen MR) is 165 cm³/mol. The third-order valence-electron chi connectivity index (χ3n) is 7.91. The Balaban J connectivity index is 5.46. The smallest absolute Gasteiger partial charge is 0.330 e. The average Bonchev–Trinajstić information content (AvgIpc) is 2.77. The molecule has 0 radical (unpaired) electrons. The van der Waals surface area contributed by atoms with Crippen molar-refractivity contribution in [3.63, 3.8) is 0 Å². The van der Waals surface area contributed by atoms with Crippen LogP contribution in [0.3, 0.4) is 0 Å². The second-order valence-corrected chi connectivity index (χ2v) is 23.1. The van der Waals surface area contributed by atoms with Crippen LogP contribution < -0.4 is 0 Å². The minimum atomic E-state index is -2.27. The molecule has 0 unspecified atom stereocenters. The monoisotopic (exact) mass is 600 g/mol. The van der Waals surface area contributed by atoms with Crippen LogP contribution >= 0.6 is 0 Å². The molecule has 0 aliphatic rings. The first-order valence-corrected chi connectivity index (χ1v) is 20.0. The Kier molecular flexibility index (Phi) is 14.8. The molecule has 0 spiro atoms. The summed E-state index contributed by atoms with van der Waals surface area (Å²) >= 11 is 0. The van der Waals surface area contributed by atoms with Crippen LogP contribution in [0.25, 0.3) is 0 Å². The van der Waals surface area contributed by atoms with E-state index < -0.39 is 59.1 Å². The molecule has 0 amide bonds. The van der Waals surface area contributed by atoms with Gasteiger partial charge in [0.2, 0.25) is 0 Å². The highest BCUT2D eigenvalue weighted by Crippen LogP contribution is 2.39. The van der Waals surface area contributed by atoms with E-state index in [1.54, 1.807) is 19.9 Å². The van der Waals surface area contributed by atoms with E-state index in [1.807, 2.05) is 6.92 Å². The zero-order valence-corrected chi connectivity index (χ0v) is 29.3. The topological polar surface area (TPSA) is 97.4 Å². The molecule has 5 atom stereocenters. The van der Waals surface area contributed by atoms with Gasteiger partial charge in [0.05, 0.1) is 12.5 Å². The zero-order chi connectivity index (χ0) is 31.7.